The minimum Gasteiger partial charge on any atom is -0.449 e. The summed E-state index contributed by atoms with van der Waals surface area (Å²) in [5, 5.41) is 11.8. The summed E-state index contributed by atoms with van der Waals surface area (Å²) in [6.07, 6.45) is 1.25. The van der Waals surface area contributed by atoms with Gasteiger partial charge < -0.3 is 14.8 Å². The Balaban J connectivity index is 2.28. The van der Waals surface area contributed by atoms with E-state index in [4.69, 9.17) is 9.52 Å². The van der Waals surface area contributed by atoms with Gasteiger partial charge in [-0.2, -0.15) is 0 Å². The molecule has 0 spiro atoms. The van der Waals surface area contributed by atoms with Crippen LogP contribution in [0, 0.1) is 0 Å². The topological polar surface area (TPSA) is 45.4 Å². The van der Waals surface area contributed by atoms with Gasteiger partial charge in [0, 0.05) is 12.6 Å². The predicted molar refractivity (Wildman–Crippen MR) is 38.9 cm³/mol. The quantitative estimate of drug-likeness (QED) is 0.661. The Morgan fingerprint density at radius 1 is 1.80 bits per heavy atom. The number of nitrogens with one attached hydrogen (secondary N) is 1. The number of anilines is 1. The highest BCUT2D eigenvalue weighted by molar-refractivity contribution is 5.29. The zero-order valence-corrected chi connectivity index (χ0v) is 5.87. The highest BCUT2D eigenvalue weighted by atomic mass is 16.3. The molecule has 1 atom stereocenters. The smallest absolute Gasteiger partial charge is 0.192 e. The molecule has 1 unspecified atom stereocenters. The number of aliphatic hydroxyl groups is 1. The van der Waals surface area contributed by atoms with Crippen molar-refractivity contribution in [3.8, 4) is 0 Å². The van der Waals surface area contributed by atoms with Crippen molar-refractivity contribution in [3.05, 3.63) is 18.4 Å². The molecule has 0 radical (unpaired) electrons. The van der Waals surface area contributed by atoms with Crippen LogP contribution in [0.4, 0.5) is 5.88 Å². The Morgan fingerprint density at radius 2 is 2.60 bits per heavy atom. The summed E-state index contributed by atoms with van der Waals surface area (Å²) >= 11 is 0. The lowest BCUT2D eigenvalue weighted by Crippen LogP contribution is -2.14. The van der Waals surface area contributed by atoms with Gasteiger partial charge in [-0.3, -0.25) is 0 Å². The van der Waals surface area contributed by atoms with Gasteiger partial charge in [0.1, 0.15) is 0 Å². The summed E-state index contributed by atoms with van der Waals surface area (Å²) < 4.78 is 4.96. The van der Waals surface area contributed by atoms with Crippen molar-refractivity contribution in [2.24, 2.45) is 0 Å². The molecule has 0 fully saturated rings. The van der Waals surface area contributed by atoms with E-state index < -0.39 is 0 Å². The molecule has 0 aliphatic carbocycles. The van der Waals surface area contributed by atoms with Crippen molar-refractivity contribution in [3.63, 3.8) is 0 Å². The summed E-state index contributed by atoms with van der Waals surface area (Å²) in [6, 6.07) is 3.60. The third-order valence-electron chi connectivity index (χ3n) is 1.09. The lowest BCUT2D eigenvalue weighted by atomic mass is 10.4. The van der Waals surface area contributed by atoms with Crippen molar-refractivity contribution >= 4 is 5.88 Å². The minimum absolute atomic E-state index is 0.343. The zero-order valence-electron chi connectivity index (χ0n) is 5.87. The Bertz CT molecular complexity index is 170. The van der Waals surface area contributed by atoms with Crippen LogP contribution < -0.4 is 5.32 Å². The van der Waals surface area contributed by atoms with Gasteiger partial charge in [0.2, 0.25) is 0 Å². The molecule has 0 bridgehead atoms. The van der Waals surface area contributed by atoms with Gasteiger partial charge in [0.15, 0.2) is 5.88 Å². The van der Waals surface area contributed by atoms with Gasteiger partial charge >= 0.3 is 0 Å². The zero-order chi connectivity index (χ0) is 7.40. The molecule has 1 heterocycles. The van der Waals surface area contributed by atoms with Crippen molar-refractivity contribution in [1.29, 1.82) is 0 Å². The Morgan fingerprint density at radius 3 is 3.10 bits per heavy atom. The van der Waals surface area contributed by atoms with E-state index in [2.05, 4.69) is 5.32 Å². The van der Waals surface area contributed by atoms with E-state index in [-0.39, 0.29) is 6.10 Å². The first kappa shape index (κ1) is 7.15. The molecule has 0 saturated heterocycles. The fourth-order valence-corrected chi connectivity index (χ4v) is 0.627. The maximum atomic E-state index is 8.85. The van der Waals surface area contributed by atoms with Crippen LogP contribution in [0.1, 0.15) is 6.92 Å². The maximum Gasteiger partial charge on any atom is 0.192 e. The highest BCUT2D eigenvalue weighted by Gasteiger charge is 1.95. The van der Waals surface area contributed by atoms with Gasteiger partial charge in [-0.05, 0) is 13.0 Å². The Hall–Kier alpha value is -0.960. The molecule has 1 aromatic heterocycles. The van der Waals surface area contributed by atoms with Crippen LogP contribution in [0.15, 0.2) is 22.8 Å². The van der Waals surface area contributed by atoms with Crippen LogP contribution in [0.3, 0.4) is 0 Å². The van der Waals surface area contributed by atoms with Crippen molar-refractivity contribution in [2.45, 2.75) is 13.0 Å². The van der Waals surface area contributed by atoms with Gasteiger partial charge in [0.25, 0.3) is 0 Å². The third-order valence-corrected chi connectivity index (χ3v) is 1.09. The van der Waals surface area contributed by atoms with Crippen molar-refractivity contribution in [2.75, 3.05) is 11.9 Å². The Labute approximate surface area is 59.7 Å². The highest BCUT2D eigenvalue weighted by Crippen LogP contribution is 2.05. The standard InChI is InChI=1S/C7H11NO2/c1-6(9)5-8-7-3-2-4-10-7/h2-4,6,8-9H,5H2,1H3. The molecule has 0 amide bonds. The fraction of sp³-hybridized carbons (Fsp3) is 0.429. The summed E-state index contributed by atoms with van der Waals surface area (Å²) in [5.41, 5.74) is 0. The third kappa shape index (κ3) is 2.11. The van der Waals surface area contributed by atoms with E-state index >= 15 is 0 Å². The summed E-state index contributed by atoms with van der Waals surface area (Å²) in [6.45, 7) is 2.24. The largest absolute Gasteiger partial charge is 0.449 e. The van der Waals surface area contributed by atoms with Crippen LogP contribution in [0.5, 0.6) is 0 Å². The van der Waals surface area contributed by atoms with E-state index in [0.717, 1.165) is 0 Å². The lowest BCUT2D eigenvalue weighted by molar-refractivity contribution is 0.207. The molecule has 2 N–H and O–H groups in total. The Kier molecular flexibility index (Phi) is 2.34. The normalized spacial score (nSPS) is 13.0. The van der Waals surface area contributed by atoms with E-state index in [9.17, 15) is 0 Å². The number of aliphatic hydroxyl groups excluding tert-OH is 1. The first-order valence-corrected chi connectivity index (χ1v) is 3.24. The average Bonchev–Trinajstić information content (AvgIpc) is 2.34. The molecule has 56 valence electrons. The lowest BCUT2D eigenvalue weighted by Gasteiger charge is -2.03. The monoisotopic (exact) mass is 141 g/mol. The molecule has 0 saturated carbocycles. The summed E-state index contributed by atoms with van der Waals surface area (Å²) in [5.74, 6) is 0.695. The molecular formula is C7H11NO2. The second-order valence-corrected chi connectivity index (χ2v) is 2.21. The minimum atomic E-state index is -0.343. The maximum absolute atomic E-state index is 8.85. The van der Waals surface area contributed by atoms with Gasteiger partial charge in [-0.15, -0.1) is 0 Å². The molecule has 0 aliphatic heterocycles. The molecule has 1 aromatic rings. The van der Waals surface area contributed by atoms with Crippen LogP contribution in [0.25, 0.3) is 0 Å². The second kappa shape index (κ2) is 3.27. The summed E-state index contributed by atoms with van der Waals surface area (Å²) in [7, 11) is 0. The van der Waals surface area contributed by atoms with Crippen molar-refractivity contribution < 1.29 is 9.52 Å². The van der Waals surface area contributed by atoms with Crippen LogP contribution in [0.2, 0.25) is 0 Å². The predicted octanol–water partition coefficient (Wildman–Crippen LogP) is 1.07. The van der Waals surface area contributed by atoms with E-state index in [1.807, 2.05) is 6.07 Å². The number of hydrogen-bond donors (Lipinski definition) is 2. The number of hydrogen-bond acceptors (Lipinski definition) is 3. The number of furan rings is 1. The fourth-order valence-electron chi connectivity index (χ4n) is 0.627. The second-order valence-electron chi connectivity index (χ2n) is 2.21. The van der Waals surface area contributed by atoms with E-state index in [1.165, 1.54) is 0 Å². The first-order valence-electron chi connectivity index (χ1n) is 3.24. The summed E-state index contributed by atoms with van der Waals surface area (Å²) in [4.78, 5) is 0. The van der Waals surface area contributed by atoms with Crippen LogP contribution in [-0.2, 0) is 0 Å². The molecule has 3 heteroatoms. The van der Waals surface area contributed by atoms with Crippen molar-refractivity contribution in [1.82, 2.24) is 0 Å². The van der Waals surface area contributed by atoms with E-state index in [1.54, 1.807) is 19.3 Å². The van der Waals surface area contributed by atoms with E-state index in [0.29, 0.717) is 12.4 Å². The molecule has 1 rings (SSSR count). The molecule has 3 nitrogen and oxygen atoms in total. The molecular weight excluding hydrogens is 130 g/mol. The first-order chi connectivity index (χ1) is 4.79. The average molecular weight is 141 g/mol. The molecule has 10 heavy (non-hydrogen) atoms. The molecule has 0 aromatic carbocycles. The SMILES string of the molecule is CC(O)CNc1ccco1. The van der Waals surface area contributed by atoms with Crippen LogP contribution in [-0.4, -0.2) is 17.8 Å². The molecule has 0 aliphatic rings. The van der Waals surface area contributed by atoms with Gasteiger partial charge in [-0.1, -0.05) is 0 Å². The van der Waals surface area contributed by atoms with Gasteiger partial charge in [0.05, 0.1) is 12.4 Å². The number of rotatable bonds is 3. The van der Waals surface area contributed by atoms with Crippen LogP contribution >= 0.6 is 0 Å². The van der Waals surface area contributed by atoms with Gasteiger partial charge in [-0.25, -0.2) is 0 Å².